The Hall–Kier alpha value is -1.02. The largest absolute Gasteiger partial charge is 0.490 e. The summed E-state index contributed by atoms with van der Waals surface area (Å²) >= 11 is 0. The highest BCUT2D eigenvalue weighted by Gasteiger charge is 2.55. The van der Waals surface area contributed by atoms with Crippen LogP contribution in [0, 0.1) is 5.41 Å². The molecule has 1 spiro atoms. The smallest absolute Gasteiger partial charge is 0.119 e. The standard InChI is InChI=1S/C19H29NO/c1-2-14-20-17-15-18(21-16-10-6-5-7-11-16)19(17)12-8-3-4-9-13-19/h5-7,10-11,17-18,20H,2-4,8-9,12-15H2,1H3. The normalized spacial score (nSPS) is 27.9. The minimum absolute atomic E-state index is 0.390. The number of ether oxygens (including phenoxy) is 1. The topological polar surface area (TPSA) is 21.3 Å². The fourth-order valence-corrected chi connectivity index (χ4v) is 4.24. The maximum absolute atomic E-state index is 6.37. The number of para-hydroxylation sites is 1. The molecule has 0 heterocycles. The molecule has 0 amide bonds. The van der Waals surface area contributed by atoms with Crippen molar-refractivity contribution in [3.8, 4) is 5.75 Å². The minimum atomic E-state index is 0.390. The van der Waals surface area contributed by atoms with Crippen LogP contribution in [0.15, 0.2) is 30.3 Å². The van der Waals surface area contributed by atoms with Crippen LogP contribution in [0.2, 0.25) is 0 Å². The summed E-state index contributed by atoms with van der Waals surface area (Å²) in [4.78, 5) is 0. The monoisotopic (exact) mass is 287 g/mol. The van der Waals surface area contributed by atoms with Crippen LogP contribution in [0.3, 0.4) is 0 Å². The highest BCUT2D eigenvalue weighted by Crippen LogP contribution is 2.52. The zero-order valence-electron chi connectivity index (χ0n) is 13.3. The molecule has 2 nitrogen and oxygen atoms in total. The lowest BCUT2D eigenvalue weighted by Gasteiger charge is -2.56. The fourth-order valence-electron chi connectivity index (χ4n) is 4.24. The highest BCUT2D eigenvalue weighted by molar-refractivity contribution is 5.23. The van der Waals surface area contributed by atoms with Crippen molar-refractivity contribution in [3.05, 3.63) is 30.3 Å². The second-order valence-electron chi connectivity index (χ2n) is 6.81. The maximum Gasteiger partial charge on any atom is 0.119 e. The van der Waals surface area contributed by atoms with Gasteiger partial charge in [-0.05, 0) is 37.9 Å². The van der Waals surface area contributed by atoms with E-state index in [0.717, 1.165) is 12.3 Å². The van der Waals surface area contributed by atoms with E-state index in [-0.39, 0.29) is 0 Å². The van der Waals surface area contributed by atoms with E-state index in [1.165, 1.54) is 51.4 Å². The van der Waals surface area contributed by atoms with E-state index < -0.39 is 0 Å². The van der Waals surface area contributed by atoms with Crippen molar-refractivity contribution in [2.45, 2.75) is 70.4 Å². The van der Waals surface area contributed by atoms with Crippen LogP contribution in [0.25, 0.3) is 0 Å². The predicted octanol–water partition coefficient (Wildman–Crippen LogP) is 4.55. The van der Waals surface area contributed by atoms with Gasteiger partial charge in [-0.15, -0.1) is 0 Å². The van der Waals surface area contributed by atoms with Gasteiger partial charge in [0.15, 0.2) is 0 Å². The Balaban J connectivity index is 1.71. The Labute approximate surface area is 129 Å². The van der Waals surface area contributed by atoms with Crippen LogP contribution < -0.4 is 10.1 Å². The number of hydrogen-bond donors (Lipinski definition) is 1. The summed E-state index contributed by atoms with van der Waals surface area (Å²) in [6, 6.07) is 11.1. The summed E-state index contributed by atoms with van der Waals surface area (Å²) in [7, 11) is 0. The molecule has 2 saturated carbocycles. The molecule has 0 bridgehead atoms. The molecule has 3 rings (SSSR count). The van der Waals surface area contributed by atoms with Crippen molar-refractivity contribution in [1.82, 2.24) is 5.32 Å². The molecule has 2 unspecified atom stereocenters. The third-order valence-corrected chi connectivity index (χ3v) is 5.48. The predicted molar refractivity (Wildman–Crippen MR) is 87.7 cm³/mol. The average molecular weight is 287 g/mol. The van der Waals surface area contributed by atoms with Gasteiger partial charge in [0.05, 0.1) is 0 Å². The van der Waals surface area contributed by atoms with Crippen LogP contribution >= 0.6 is 0 Å². The molecule has 0 saturated heterocycles. The Bertz CT molecular complexity index is 422. The molecule has 0 aliphatic heterocycles. The van der Waals surface area contributed by atoms with Gasteiger partial charge in [0.2, 0.25) is 0 Å². The van der Waals surface area contributed by atoms with Crippen LogP contribution in [0.1, 0.15) is 58.3 Å². The van der Waals surface area contributed by atoms with E-state index in [1.54, 1.807) is 0 Å². The first-order chi connectivity index (χ1) is 10.3. The summed E-state index contributed by atoms with van der Waals surface area (Å²) in [6.07, 6.45) is 11.0. The first-order valence-corrected chi connectivity index (χ1v) is 8.80. The van der Waals surface area contributed by atoms with Crippen molar-refractivity contribution >= 4 is 0 Å². The lowest BCUT2D eigenvalue weighted by Crippen LogP contribution is -2.64. The summed E-state index contributed by atoms with van der Waals surface area (Å²) in [5.74, 6) is 1.04. The molecular formula is C19H29NO. The molecule has 0 aromatic heterocycles. The molecule has 2 fully saturated rings. The quantitative estimate of drug-likeness (QED) is 0.858. The summed E-state index contributed by atoms with van der Waals surface area (Å²) in [5, 5.41) is 3.79. The van der Waals surface area contributed by atoms with E-state index in [9.17, 15) is 0 Å². The van der Waals surface area contributed by atoms with Gasteiger partial charge in [-0.2, -0.15) is 0 Å². The van der Waals surface area contributed by atoms with Crippen molar-refractivity contribution < 1.29 is 4.74 Å². The molecule has 1 aromatic rings. The van der Waals surface area contributed by atoms with Gasteiger partial charge in [-0.25, -0.2) is 0 Å². The van der Waals surface area contributed by atoms with E-state index in [1.807, 2.05) is 0 Å². The molecule has 1 N–H and O–H groups in total. The molecule has 1 aromatic carbocycles. The minimum Gasteiger partial charge on any atom is -0.490 e. The number of hydrogen-bond acceptors (Lipinski definition) is 2. The number of nitrogens with one attached hydrogen (secondary N) is 1. The van der Waals surface area contributed by atoms with Crippen LogP contribution in [0.5, 0.6) is 5.75 Å². The molecule has 2 heteroatoms. The summed E-state index contributed by atoms with van der Waals surface area (Å²) < 4.78 is 6.37. The molecule has 2 aliphatic carbocycles. The Morgan fingerprint density at radius 1 is 1.10 bits per heavy atom. The molecule has 2 aliphatic rings. The van der Waals surface area contributed by atoms with E-state index in [2.05, 4.69) is 42.6 Å². The molecule has 0 radical (unpaired) electrons. The third-order valence-electron chi connectivity index (χ3n) is 5.48. The van der Waals surface area contributed by atoms with Crippen molar-refractivity contribution in [2.24, 2.45) is 5.41 Å². The third kappa shape index (κ3) is 3.11. The van der Waals surface area contributed by atoms with Gasteiger partial charge < -0.3 is 10.1 Å². The van der Waals surface area contributed by atoms with Crippen LogP contribution in [-0.4, -0.2) is 18.7 Å². The van der Waals surface area contributed by atoms with Gasteiger partial charge in [-0.3, -0.25) is 0 Å². The maximum atomic E-state index is 6.37. The first kappa shape index (κ1) is 14.9. The van der Waals surface area contributed by atoms with Gasteiger partial charge >= 0.3 is 0 Å². The Kier molecular flexibility index (Phi) is 4.84. The number of rotatable bonds is 5. The first-order valence-electron chi connectivity index (χ1n) is 8.80. The van der Waals surface area contributed by atoms with Crippen molar-refractivity contribution in [3.63, 3.8) is 0 Å². The van der Waals surface area contributed by atoms with Crippen molar-refractivity contribution in [1.29, 1.82) is 0 Å². The molecule has 21 heavy (non-hydrogen) atoms. The Morgan fingerprint density at radius 2 is 1.81 bits per heavy atom. The van der Waals surface area contributed by atoms with E-state index in [0.29, 0.717) is 17.6 Å². The van der Waals surface area contributed by atoms with Gasteiger partial charge in [0.1, 0.15) is 11.9 Å². The fraction of sp³-hybridized carbons (Fsp3) is 0.684. The highest BCUT2D eigenvalue weighted by atomic mass is 16.5. The SMILES string of the molecule is CCCNC1CC(Oc2ccccc2)C12CCCCCC2. The molecular weight excluding hydrogens is 258 g/mol. The Morgan fingerprint density at radius 3 is 2.48 bits per heavy atom. The zero-order chi connectivity index (χ0) is 14.5. The van der Waals surface area contributed by atoms with Crippen LogP contribution in [0.4, 0.5) is 0 Å². The summed E-state index contributed by atoms with van der Waals surface area (Å²) in [5.41, 5.74) is 0.390. The lowest BCUT2D eigenvalue weighted by molar-refractivity contribution is -0.0904. The number of benzene rings is 1. The second-order valence-corrected chi connectivity index (χ2v) is 6.81. The van der Waals surface area contributed by atoms with Gasteiger partial charge in [-0.1, -0.05) is 50.8 Å². The van der Waals surface area contributed by atoms with Gasteiger partial charge in [0, 0.05) is 17.9 Å². The molecule has 2 atom stereocenters. The van der Waals surface area contributed by atoms with Gasteiger partial charge in [0.25, 0.3) is 0 Å². The zero-order valence-corrected chi connectivity index (χ0v) is 13.3. The van der Waals surface area contributed by atoms with E-state index >= 15 is 0 Å². The van der Waals surface area contributed by atoms with Crippen LogP contribution in [-0.2, 0) is 0 Å². The van der Waals surface area contributed by atoms with E-state index in [4.69, 9.17) is 4.74 Å². The lowest BCUT2D eigenvalue weighted by atomic mass is 9.57. The summed E-state index contributed by atoms with van der Waals surface area (Å²) in [6.45, 7) is 3.40. The van der Waals surface area contributed by atoms with Crippen molar-refractivity contribution in [2.75, 3.05) is 6.54 Å². The average Bonchev–Trinajstić information content (AvgIpc) is 2.79. The second kappa shape index (κ2) is 6.83. The molecule has 116 valence electrons.